The van der Waals surface area contributed by atoms with Gasteiger partial charge in [0.25, 0.3) is 24.6 Å². The smallest absolute Gasteiger partial charge is 0.353 e. The second kappa shape index (κ2) is 35.3. The first-order valence-electron chi connectivity index (χ1n) is 31.5. The van der Waals surface area contributed by atoms with Crippen LogP contribution in [0.3, 0.4) is 0 Å². The Bertz CT molecular complexity index is 4230. The summed E-state index contributed by atoms with van der Waals surface area (Å²) >= 11 is 0. The van der Waals surface area contributed by atoms with Gasteiger partial charge in [-0.3, -0.25) is 14.4 Å². The zero-order chi connectivity index (χ0) is 70.6. The fraction of sp³-hybridized carbons (Fsp3) is 0.533. The molecular weight excluding hydrogens is 1420 g/mol. The van der Waals surface area contributed by atoms with E-state index in [1.807, 2.05) is 31.5 Å². The van der Waals surface area contributed by atoms with Gasteiger partial charge in [0.05, 0.1) is 77.4 Å². The van der Waals surface area contributed by atoms with Gasteiger partial charge in [0.1, 0.15) is 0 Å². The third-order valence-corrected chi connectivity index (χ3v) is 19.9. The van der Waals surface area contributed by atoms with Gasteiger partial charge in [-0.15, -0.1) is 0 Å². The van der Waals surface area contributed by atoms with Crippen molar-refractivity contribution in [3.63, 3.8) is 0 Å². The molecule has 4 aliphatic heterocycles. The zero-order valence-electron chi connectivity index (χ0n) is 55.5. The predicted molar refractivity (Wildman–Crippen MR) is 367 cm³/mol. The molecule has 4 aliphatic carbocycles. The molecule has 9 heterocycles. The Kier molecular flexibility index (Phi) is 28.8. The van der Waals surface area contributed by atoms with Crippen LogP contribution in [-0.2, 0) is 116 Å². The molecule has 2 aromatic carbocycles. The average Bonchev–Trinajstić information content (AvgIpc) is 1.72. The molecule has 550 valence electrons. The zero-order valence-corrected chi connectivity index (χ0v) is 60.3. The van der Waals surface area contributed by atoms with Crippen molar-refractivity contribution in [2.45, 2.75) is 153 Å². The van der Waals surface area contributed by atoms with Crippen molar-refractivity contribution in [2.24, 2.45) is 34.7 Å². The number of halogens is 2. The van der Waals surface area contributed by atoms with Crippen molar-refractivity contribution in [3.8, 4) is 23.5 Å². The number of aliphatic hydroxyl groups is 2. The molecule has 0 saturated heterocycles. The average molecular weight is 1510 g/mol. The van der Waals surface area contributed by atoms with Crippen molar-refractivity contribution in [1.82, 2.24) is 60.2 Å². The fourth-order valence-electron chi connectivity index (χ4n) is 11.8. The molecule has 7 aromatic rings. The number of hydrogen-bond donors (Lipinski definition) is 10. The normalized spacial score (nSPS) is 18.4. The SMILES string of the molecule is CC(CO)CO.CC1COc2c(S(=O)(=O)Cl)cnn2C1.CC1COc2c(S(=O)(=O)NC(=O)Nc3c4c(cc5c3CCC5)CCC4)cnn2C1.CC1COc2c(S(N)(=O)=O)cnn2C1.CC1COc2ccnn2C1.N.Nc1c2c(cc3c1CCC3)CCC2.O.O=S(=O)(O)Cl.O=c1cc[nH][nH]1. The number of aromatic amines is 2. The van der Waals surface area contributed by atoms with Crippen LogP contribution in [0.25, 0.3) is 0 Å². The molecule has 33 nitrogen and oxygen atoms in total. The summed E-state index contributed by atoms with van der Waals surface area (Å²) in [7, 11) is -6.50. The molecule has 4 atom stereocenters. The summed E-state index contributed by atoms with van der Waals surface area (Å²) in [5.74, 6) is 3.13. The Morgan fingerprint density at radius 2 is 1.02 bits per heavy atom. The molecule has 0 fully saturated rings. The number of H-pyrrole nitrogens is 2. The largest absolute Gasteiger partial charge is 0.477 e. The predicted octanol–water partition coefficient (Wildman–Crippen LogP) is 4.63. The van der Waals surface area contributed by atoms with Crippen LogP contribution in [0.15, 0.2) is 74.7 Å². The number of aryl methyl sites for hydroxylation is 4. The maximum atomic E-state index is 12.8. The number of ether oxygens (including phenoxy) is 4. The van der Waals surface area contributed by atoms with E-state index in [9.17, 15) is 34.8 Å². The summed E-state index contributed by atoms with van der Waals surface area (Å²) in [4.78, 5) is 22.5. The van der Waals surface area contributed by atoms with Crippen LogP contribution < -0.4 is 51.6 Å². The van der Waals surface area contributed by atoms with E-state index in [4.69, 9.17) is 63.7 Å². The van der Waals surface area contributed by atoms with Crippen LogP contribution in [0.4, 0.5) is 16.2 Å². The lowest BCUT2D eigenvalue weighted by molar-refractivity contribution is 0.162. The minimum absolute atomic E-state index is 0. The van der Waals surface area contributed by atoms with Gasteiger partial charge >= 0.3 is 15.4 Å². The van der Waals surface area contributed by atoms with Crippen molar-refractivity contribution < 1.29 is 77.7 Å². The first kappa shape index (κ1) is 80.7. The van der Waals surface area contributed by atoms with Gasteiger partial charge in [0.2, 0.25) is 33.5 Å². The highest BCUT2D eigenvalue weighted by molar-refractivity contribution is 8.13. The molecule has 8 aliphatic rings. The standard InChI is InChI=1S/C20H24N4O4S.C12H15N.C7H9ClN2O3S.C7H11N3O3S.C7H10N2O.C4H10O2.C3H4N2O.ClHO3S.H3N.H2O/c1-12-10-24-19(28-11-12)17(9-21-24)29(26,27)23-20(25)22-18-15-6-2-4-13(15)8-14-5-3-7-16(14)18;13-12-10-5-1-3-8(10)7-9-4-2-6-11(9)12;2*1-5-3-10-7(13-4-5)6(2-9-10)14(8,11)12;1-6-4-9-7(10-5-6)2-3-8-9;1-4(2-5)3-6;6-3-1-2-4-5-3;1-5(2,3)4;;/h8-9,12H,2-7,10-11H2,1H3,(H2,22,23,25);7H,1-6,13H2;2,5H,3-4H2,1H3;2,5H,3-4H2,1H3,(H2,8,11,12);2-3,6H,4-5H2,1H3;4-6H,2-3H2,1H3;1-2H,(H2,4,5,6);(H,2,3,4);1H3;1H2. The molecule has 0 saturated carbocycles. The molecule has 39 heteroatoms. The fourth-order valence-corrected chi connectivity index (χ4v) is 14.2. The maximum absolute atomic E-state index is 12.8. The number of carbonyl (C=O) groups is 1. The topological polar surface area (TPSA) is 514 Å². The van der Waals surface area contributed by atoms with E-state index >= 15 is 0 Å². The molecular formula is C60H89Cl2N15O18S4. The monoisotopic (exact) mass is 1510 g/mol. The molecule has 99 heavy (non-hydrogen) atoms. The Morgan fingerprint density at radius 1 is 0.626 bits per heavy atom. The lowest BCUT2D eigenvalue weighted by Gasteiger charge is -2.21. The number of sulfonamides is 2. The van der Waals surface area contributed by atoms with E-state index in [0.717, 1.165) is 80.1 Å². The summed E-state index contributed by atoms with van der Waals surface area (Å²) < 4.78 is 125. The minimum atomic E-state index is -4.19. The number of nitrogens with one attached hydrogen (secondary N) is 4. The number of anilines is 2. The van der Waals surface area contributed by atoms with Crippen LogP contribution in [0.2, 0.25) is 0 Å². The highest BCUT2D eigenvalue weighted by Gasteiger charge is 2.33. The second-order valence-corrected chi connectivity index (χ2v) is 32.6. The van der Waals surface area contributed by atoms with Gasteiger partial charge < -0.3 is 56.9 Å². The van der Waals surface area contributed by atoms with Crippen LogP contribution in [0, 0.1) is 29.6 Å². The van der Waals surface area contributed by atoms with Crippen LogP contribution >= 0.6 is 21.4 Å². The summed E-state index contributed by atoms with van der Waals surface area (Å²) in [6, 6.07) is 7.25. The van der Waals surface area contributed by atoms with Gasteiger partial charge in [-0.25, -0.2) is 58.6 Å². The van der Waals surface area contributed by atoms with E-state index in [2.05, 4.69) is 70.4 Å². The summed E-state index contributed by atoms with van der Waals surface area (Å²) in [6.45, 7) is 15.2. The Balaban J connectivity index is 0.000000191. The van der Waals surface area contributed by atoms with Crippen LogP contribution in [-0.4, -0.2) is 149 Å². The van der Waals surface area contributed by atoms with Gasteiger partial charge in [-0.2, -0.15) is 28.8 Å². The Morgan fingerprint density at radius 3 is 1.41 bits per heavy atom. The number of fused-ring (bicyclic) bond motifs is 8. The Hall–Kier alpha value is -7.30. The summed E-state index contributed by atoms with van der Waals surface area (Å²) in [5.41, 5.74) is 18.9. The summed E-state index contributed by atoms with van der Waals surface area (Å²) in [5, 5.41) is 45.0. The quantitative estimate of drug-likeness (QED) is 0.0590. The van der Waals surface area contributed by atoms with Crippen LogP contribution in [0.1, 0.15) is 105 Å². The number of nitrogens with two attached hydrogens (primary N) is 2. The number of aromatic nitrogens is 10. The van der Waals surface area contributed by atoms with E-state index in [1.165, 1.54) is 111 Å². The third-order valence-electron chi connectivity index (χ3n) is 16.4. The first-order chi connectivity index (χ1) is 45.8. The number of benzene rings is 2. The Labute approximate surface area is 583 Å². The number of nitrogen functional groups attached to an aromatic ring is 1. The van der Waals surface area contributed by atoms with Gasteiger partial charge in [-0.1, -0.05) is 46.8 Å². The van der Waals surface area contributed by atoms with Crippen LogP contribution in [0.5, 0.6) is 23.5 Å². The molecule has 5 aromatic heterocycles. The number of carbonyl (C=O) groups excluding carboxylic acids is 1. The highest BCUT2D eigenvalue weighted by Crippen LogP contribution is 2.40. The second-order valence-electron chi connectivity index (χ2n) is 24.9. The number of amides is 2. The molecule has 0 bridgehead atoms. The maximum Gasteiger partial charge on any atom is 0.353 e. The number of hydrogen-bond acceptors (Lipinski definition) is 22. The van der Waals surface area contributed by atoms with Crippen molar-refractivity contribution in [1.29, 1.82) is 0 Å². The number of primary sulfonamides is 1. The first-order valence-corrected chi connectivity index (χ1v) is 39.1. The molecule has 15 rings (SSSR count). The number of rotatable bonds is 7. The van der Waals surface area contributed by atoms with Gasteiger partial charge in [0, 0.05) is 93.9 Å². The highest BCUT2D eigenvalue weighted by atomic mass is 35.7. The number of nitrogens with zero attached hydrogens (tertiary/aromatic N) is 8. The molecule has 0 spiro atoms. The van der Waals surface area contributed by atoms with E-state index in [1.54, 1.807) is 19.3 Å². The number of urea groups is 1. The molecule has 2 amide bonds. The van der Waals surface area contributed by atoms with Gasteiger partial charge in [-0.05, 0) is 122 Å². The van der Waals surface area contributed by atoms with E-state index in [-0.39, 0.29) is 74.6 Å². The van der Waals surface area contributed by atoms with E-state index in [0.29, 0.717) is 57.2 Å². The third kappa shape index (κ3) is 22.1. The lowest BCUT2D eigenvalue weighted by atomic mass is 9.99. The molecule has 0 radical (unpaired) electrons. The number of aliphatic hydroxyl groups excluding tert-OH is 2. The van der Waals surface area contributed by atoms with Crippen molar-refractivity contribution in [2.75, 3.05) is 50.7 Å². The van der Waals surface area contributed by atoms with Gasteiger partial charge in [0.15, 0.2) is 14.7 Å². The molecule has 16 N–H and O–H groups in total. The summed E-state index contributed by atoms with van der Waals surface area (Å²) in [6.07, 6.45) is 20.5. The van der Waals surface area contributed by atoms with Crippen molar-refractivity contribution >= 4 is 77.2 Å². The lowest BCUT2D eigenvalue weighted by Crippen LogP contribution is -2.35. The minimum Gasteiger partial charge on any atom is -0.477 e. The van der Waals surface area contributed by atoms with Crippen molar-refractivity contribution in [3.05, 3.63) is 110 Å². The van der Waals surface area contributed by atoms with E-state index < -0.39 is 44.5 Å². The molecule has 4 unspecified atom stereocenters.